The lowest BCUT2D eigenvalue weighted by Gasteiger charge is -2.02. The highest BCUT2D eigenvalue weighted by molar-refractivity contribution is 5.85. The normalized spacial score (nSPS) is 10.6. The molecule has 0 spiro atoms. The van der Waals surface area contributed by atoms with Crippen molar-refractivity contribution in [3.63, 3.8) is 0 Å². The van der Waals surface area contributed by atoms with Crippen LogP contribution in [0, 0.1) is 0 Å². The number of aromatic nitrogens is 6. The molecule has 0 aromatic carbocycles. The summed E-state index contributed by atoms with van der Waals surface area (Å²) in [6, 6.07) is 0. The summed E-state index contributed by atoms with van der Waals surface area (Å²) in [5.41, 5.74) is 0.926. The molecule has 0 fully saturated rings. The van der Waals surface area contributed by atoms with Gasteiger partial charge >= 0.3 is 5.97 Å². The van der Waals surface area contributed by atoms with Crippen LogP contribution >= 0.6 is 0 Å². The third kappa shape index (κ3) is 2.53. The van der Waals surface area contributed by atoms with Gasteiger partial charge in [-0.2, -0.15) is 5.10 Å². The minimum atomic E-state index is -0.523. The number of rotatable bonds is 5. The Hall–Kier alpha value is -2.25. The number of hydrogen-bond acceptors (Lipinski definition) is 6. The Labute approximate surface area is 104 Å². The Morgan fingerprint density at radius 1 is 1.44 bits per heavy atom. The van der Waals surface area contributed by atoms with E-state index in [2.05, 4.69) is 20.6 Å². The van der Waals surface area contributed by atoms with Crippen LogP contribution in [0.4, 0.5) is 0 Å². The maximum Gasteiger partial charge on any atom is 0.378 e. The van der Waals surface area contributed by atoms with Gasteiger partial charge in [-0.3, -0.25) is 4.68 Å². The van der Waals surface area contributed by atoms with Gasteiger partial charge < -0.3 is 4.74 Å². The summed E-state index contributed by atoms with van der Waals surface area (Å²) in [5.74, 6) is -0.425. The molecule has 0 saturated carbocycles. The third-order valence-corrected chi connectivity index (χ3v) is 2.33. The maximum absolute atomic E-state index is 11.6. The zero-order valence-corrected chi connectivity index (χ0v) is 10.3. The summed E-state index contributed by atoms with van der Waals surface area (Å²) in [4.78, 5) is 11.6. The second kappa shape index (κ2) is 5.39. The molecule has 96 valence electrons. The number of hydrogen-bond donors (Lipinski definition) is 0. The van der Waals surface area contributed by atoms with Crippen LogP contribution in [0.25, 0.3) is 0 Å². The van der Waals surface area contributed by atoms with E-state index in [0.29, 0.717) is 13.2 Å². The van der Waals surface area contributed by atoms with Crippen molar-refractivity contribution in [1.82, 2.24) is 30.0 Å². The van der Waals surface area contributed by atoms with Crippen LogP contribution in [0.2, 0.25) is 0 Å². The first-order valence-electron chi connectivity index (χ1n) is 5.69. The molecule has 0 N–H and O–H groups in total. The lowest BCUT2D eigenvalue weighted by Crippen LogP contribution is -2.15. The largest absolute Gasteiger partial charge is 0.460 e. The smallest absolute Gasteiger partial charge is 0.378 e. The molecule has 0 aliphatic carbocycles. The molecule has 0 amide bonds. The van der Waals surface area contributed by atoms with E-state index in [1.54, 1.807) is 17.8 Å². The first-order valence-corrected chi connectivity index (χ1v) is 5.69. The van der Waals surface area contributed by atoms with Crippen molar-refractivity contribution >= 4 is 5.97 Å². The van der Waals surface area contributed by atoms with E-state index in [-0.39, 0.29) is 5.82 Å². The van der Waals surface area contributed by atoms with Crippen molar-refractivity contribution in [2.45, 2.75) is 26.9 Å². The maximum atomic E-state index is 11.6. The fraction of sp³-hybridized carbons (Fsp3) is 0.500. The highest BCUT2D eigenvalue weighted by Gasteiger charge is 2.17. The molecule has 0 saturated heterocycles. The van der Waals surface area contributed by atoms with Crippen LogP contribution in [0.5, 0.6) is 0 Å². The van der Waals surface area contributed by atoms with Gasteiger partial charge in [-0.1, -0.05) is 0 Å². The Morgan fingerprint density at radius 3 is 2.94 bits per heavy atom. The average molecular weight is 250 g/mol. The fourth-order valence-corrected chi connectivity index (χ4v) is 1.49. The van der Waals surface area contributed by atoms with E-state index >= 15 is 0 Å². The second-order valence-corrected chi connectivity index (χ2v) is 3.58. The summed E-state index contributed by atoms with van der Waals surface area (Å²) in [6.45, 7) is 5.20. The lowest BCUT2D eigenvalue weighted by atomic mass is 10.3. The lowest BCUT2D eigenvalue weighted by molar-refractivity contribution is 0.0505. The molecular formula is C10H14N6O2. The molecule has 8 heteroatoms. The van der Waals surface area contributed by atoms with E-state index in [1.807, 2.05) is 13.1 Å². The van der Waals surface area contributed by atoms with Gasteiger partial charge in [-0.05, 0) is 24.3 Å². The van der Waals surface area contributed by atoms with Crippen molar-refractivity contribution in [3.05, 3.63) is 23.8 Å². The predicted molar refractivity (Wildman–Crippen MR) is 60.8 cm³/mol. The summed E-state index contributed by atoms with van der Waals surface area (Å²) in [5, 5.41) is 15.1. The number of aryl methyl sites for hydroxylation is 1. The van der Waals surface area contributed by atoms with Crippen LogP contribution in [0.15, 0.2) is 12.4 Å². The van der Waals surface area contributed by atoms with E-state index < -0.39 is 5.97 Å². The molecule has 0 radical (unpaired) electrons. The number of ether oxygens (including phenoxy) is 1. The van der Waals surface area contributed by atoms with Gasteiger partial charge in [0.25, 0.3) is 5.82 Å². The van der Waals surface area contributed by atoms with Crippen LogP contribution in [-0.2, 0) is 17.8 Å². The van der Waals surface area contributed by atoms with Gasteiger partial charge in [0.1, 0.15) is 0 Å². The third-order valence-electron chi connectivity index (χ3n) is 2.33. The molecule has 0 unspecified atom stereocenters. The van der Waals surface area contributed by atoms with E-state index in [9.17, 15) is 4.79 Å². The first-order chi connectivity index (χ1) is 8.74. The molecular weight excluding hydrogens is 236 g/mol. The Morgan fingerprint density at radius 2 is 2.28 bits per heavy atom. The Balaban J connectivity index is 2.14. The van der Waals surface area contributed by atoms with Crippen molar-refractivity contribution in [3.8, 4) is 0 Å². The minimum Gasteiger partial charge on any atom is -0.460 e. The molecule has 0 atom stereocenters. The molecule has 2 aromatic heterocycles. The van der Waals surface area contributed by atoms with E-state index in [0.717, 1.165) is 12.1 Å². The van der Waals surface area contributed by atoms with E-state index in [1.165, 1.54) is 4.68 Å². The van der Waals surface area contributed by atoms with Crippen molar-refractivity contribution in [2.75, 3.05) is 6.61 Å². The molecule has 0 bridgehead atoms. The highest BCUT2D eigenvalue weighted by Crippen LogP contribution is 2.03. The van der Waals surface area contributed by atoms with Crippen LogP contribution in [0.1, 0.15) is 30.0 Å². The van der Waals surface area contributed by atoms with Gasteiger partial charge in [0.05, 0.1) is 19.3 Å². The van der Waals surface area contributed by atoms with Crippen molar-refractivity contribution in [1.29, 1.82) is 0 Å². The van der Waals surface area contributed by atoms with Crippen LogP contribution in [-0.4, -0.2) is 42.6 Å². The fourth-order valence-electron chi connectivity index (χ4n) is 1.49. The summed E-state index contributed by atoms with van der Waals surface area (Å²) >= 11 is 0. The topological polar surface area (TPSA) is 87.7 Å². The van der Waals surface area contributed by atoms with Gasteiger partial charge in [-0.15, -0.1) is 5.10 Å². The molecule has 2 aromatic rings. The van der Waals surface area contributed by atoms with Crippen molar-refractivity contribution < 1.29 is 9.53 Å². The van der Waals surface area contributed by atoms with Gasteiger partial charge in [0.15, 0.2) is 0 Å². The minimum absolute atomic E-state index is 0.0982. The molecule has 18 heavy (non-hydrogen) atoms. The summed E-state index contributed by atoms with van der Waals surface area (Å²) in [6.07, 6.45) is 3.61. The molecule has 0 aliphatic rings. The Kier molecular flexibility index (Phi) is 3.66. The quantitative estimate of drug-likeness (QED) is 0.700. The van der Waals surface area contributed by atoms with E-state index in [4.69, 9.17) is 4.74 Å². The van der Waals surface area contributed by atoms with Crippen molar-refractivity contribution in [2.24, 2.45) is 0 Å². The SMILES string of the molecule is CCOC(=O)c1nnnn1Cc1cnn(CC)c1. The molecule has 0 aliphatic heterocycles. The molecule has 2 rings (SSSR count). The number of tetrazole rings is 1. The average Bonchev–Trinajstić information content (AvgIpc) is 2.99. The summed E-state index contributed by atoms with van der Waals surface area (Å²) < 4.78 is 8.06. The summed E-state index contributed by atoms with van der Waals surface area (Å²) in [7, 11) is 0. The standard InChI is InChI=1S/C10H14N6O2/c1-3-15-6-8(5-11-15)7-16-9(12-13-14-16)10(17)18-4-2/h5-6H,3-4,7H2,1-2H3. The second-order valence-electron chi connectivity index (χ2n) is 3.58. The first kappa shape index (κ1) is 12.2. The van der Waals surface area contributed by atoms with Crippen LogP contribution < -0.4 is 0 Å². The number of carbonyl (C=O) groups is 1. The zero-order chi connectivity index (χ0) is 13.0. The monoisotopic (exact) mass is 250 g/mol. The number of esters is 1. The molecule has 8 nitrogen and oxygen atoms in total. The van der Waals surface area contributed by atoms with Gasteiger partial charge in [-0.25, -0.2) is 9.48 Å². The Bertz CT molecular complexity index is 532. The van der Waals surface area contributed by atoms with Gasteiger partial charge in [0, 0.05) is 18.3 Å². The molecule has 2 heterocycles. The van der Waals surface area contributed by atoms with Gasteiger partial charge in [0.2, 0.25) is 0 Å². The number of nitrogens with zero attached hydrogens (tertiary/aromatic N) is 6. The zero-order valence-electron chi connectivity index (χ0n) is 10.3. The highest BCUT2D eigenvalue weighted by atomic mass is 16.5. The predicted octanol–water partition coefficient (Wildman–Crippen LogP) is 0.114. The number of carbonyl (C=O) groups excluding carboxylic acids is 1. The van der Waals surface area contributed by atoms with Crippen LogP contribution in [0.3, 0.4) is 0 Å².